The number of halogens is 1. The van der Waals surface area contributed by atoms with Gasteiger partial charge < -0.3 is 10.2 Å². The molecule has 0 aliphatic heterocycles. The fraction of sp³-hybridized carbons (Fsp3) is 0.250. The van der Waals surface area contributed by atoms with E-state index < -0.39 is 0 Å². The number of carbonyl (C=O) groups is 1. The molecule has 2 aromatic rings. The summed E-state index contributed by atoms with van der Waals surface area (Å²) in [5.74, 6) is 0.674. The molecule has 1 aromatic heterocycles. The summed E-state index contributed by atoms with van der Waals surface area (Å²) < 4.78 is 0. The minimum absolute atomic E-state index is 0.00442. The molecule has 1 heterocycles. The summed E-state index contributed by atoms with van der Waals surface area (Å²) in [6.07, 6.45) is 1.73. The second-order valence-electron chi connectivity index (χ2n) is 4.54. The summed E-state index contributed by atoms with van der Waals surface area (Å²) in [7, 11) is 0. The van der Waals surface area contributed by atoms with Crippen molar-refractivity contribution < 1.29 is 4.79 Å². The van der Waals surface area contributed by atoms with Gasteiger partial charge in [-0.05, 0) is 25.1 Å². The van der Waals surface area contributed by atoms with Crippen molar-refractivity contribution in [3.05, 3.63) is 54.2 Å². The van der Waals surface area contributed by atoms with E-state index in [1.54, 1.807) is 11.1 Å². The number of nitrogens with one attached hydrogen (secondary N) is 1. The Labute approximate surface area is 129 Å². The van der Waals surface area contributed by atoms with Crippen molar-refractivity contribution in [1.29, 1.82) is 0 Å². The number of hydrogen-bond acceptors (Lipinski definition) is 3. The molecule has 0 radical (unpaired) electrons. The number of aromatic nitrogens is 1. The highest BCUT2D eigenvalue weighted by atomic mass is 35.5. The Balaban J connectivity index is 2.18. The standard InChI is InChI=1S/C16H18ClN3O/c1-2-20(15(21)11-17)12-13-7-6-10-18-16(13)19-14-8-4-3-5-9-14/h3-10H,2,11-12H2,1H3,(H,18,19). The Bertz CT molecular complexity index is 589. The molecule has 1 amide bonds. The highest BCUT2D eigenvalue weighted by Gasteiger charge is 2.13. The Hall–Kier alpha value is -2.07. The zero-order valence-corrected chi connectivity index (χ0v) is 12.7. The van der Waals surface area contributed by atoms with E-state index in [-0.39, 0.29) is 11.8 Å². The maximum atomic E-state index is 11.8. The maximum absolute atomic E-state index is 11.8. The summed E-state index contributed by atoms with van der Waals surface area (Å²) >= 11 is 5.64. The van der Waals surface area contributed by atoms with Crippen molar-refractivity contribution in [2.24, 2.45) is 0 Å². The van der Waals surface area contributed by atoms with Crippen LogP contribution in [-0.2, 0) is 11.3 Å². The quantitative estimate of drug-likeness (QED) is 0.832. The molecule has 1 aromatic carbocycles. The second kappa shape index (κ2) is 7.64. The third-order valence-corrected chi connectivity index (χ3v) is 3.37. The van der Waals surface area contributed by atoms with Gasteiger partial charge in [0.1, 0.15) is 11.7 Å². The third kappa shape index (κ3) is 4.20. The molecule has 0 spiro atoms. The highest BCUT2D eigenvalue weighted by molar-refractivity contribution is 6.27. The Kier molecular flexibility index (Phi) is 5.58. The molecule has 0 aliphatic carbocycles. The molecule has 5 heteroatoms. The number of nitrogens with zero attached hydrogens (tertiary/aromatic N) is 2. The van der Waals surface area contributed by atoms with Crippen molar-refractivity contribution in [1.82, 2.24) is 9.88 Å². The number of rotatable bonds is 6. The first-order chi connectivity index (χ1) is 10.2. The van der Waals surface area contributed by atoms with Gasteiger partial charge in [0.25, 0.3) is 0 Å². The van der Waals surface area contributed by atoms with Gasteiger partial charge in [0.2, 0.25) is 5.91 Å². The van der Waals surface area contributed by atoms with E-state index >= 15 is 0 Å². The van der Waals surface area contributed by atoms with Crippen LogP contribution >= 0.6 is 11.6 Å². The lowest BCUT2D eigenvalue weighted by Crippen LogP contribution is -2.31. The fourth-order valence-corrected chi connectivity index (χ4v) is 2.17. The SMILES string of the molecule is CCN(Cc1cccnc1Nc1ccccc1)C(=O)CCl. The number of para-hydroxylation sites is 1. The average Bonchev–Trinajstić information content (AvgIpc) is 2.54. The van der Waals surface area contributed by atoms with Gasteiger partial charge in [-0.1, -0.05) is 24.3 Å². The van der Waals surface area contributed by atoms with Crippen LogP contribution in [0.1, 0.15) is 12.5 Å². The van der Waals surface area contributed by atoms with E-state index in [1.165, 1.54) is 0 Å². The predicted molar refractivity (Wildman–Crippen MR) is 85.8 cm³/mol. The summed E-state index contributed by atoms with van der Waals surface area (Å²) in [6.45, 7) is 3.04. The van der Waals surface area contributed by atoms with Crippen LogP contribution in [0.2, 0.25) is 0 Å². The van der Waals surface area contributed by atoms with Crippen molar-refractivity contribution in [2.45, 2.75) is 13.5 Å². The van der Waals surface area contributed by atoms with E-state index in [0.717, 1.165) is 17.1 Å². The van der Waals surface area contributed by atoms with Gasteiger partial charge in [0.05, 0.1) is 0 Å². The first-order valence-electron chi connectivity index (χ1n) is 6.84. The molecular weight excluding hydrogens is 286 g/mol. The van der Waals surface area contributed by atoms with Gasteiger partial charge in [-0.25, -0.2) is 4.98 Å². The lowest BCUT2D eigenvalue weighted by Gasteiger charge is -2.21. The number of benzene rings is 1. The van der Waals surface area contributed by atoms with Gasteiger partial charge in [-0.15, -0.1) is 11.6 Å². The van der Waals surface area contributed by atoms with Gasteiger partial charge in [0.15, 0.2) is 0 Å². The number of carbonyl (C=O) groups excluding carboxylic acids is 1. The van der Waals surface area contributed by atoms with Crippen LogP contribution in [0.3, 0.4) is 0 Å². The fourth-order valence-electron chi connectivity index (χ4n) is 2.00. The first-order valence-corrected chi connectivity index (χ1v) is 7.37. The van der Waals surface area contributed by atoms with Gasteiger partial charge in [-0.2, -0.15) is 0 Å². The predicted octanol–water partition coefficient (Wildman–Crippen LogP) is 3.41. The number of amides is 1. The van der Waals surface area contributed by atoms with Crippen molar-refractivity contribution in [2.75, 3.05) is 17.7 Å². The van der Waals surface area contributed by atoms with Crippen LogP contribution < -0.4 is 5.32 Å². The highest BCUT2D eigenvalue weighted by Crippen LogP contribution is 2.19. The van der Waals surface area contributed by atoms with Crippen LogP contribution in [0, 0.1) is 0 Å². The minimum Gasteiger partial charge on any atom is -0.340 e. The maximum Gasteiger partial charge on any atom is 0.237 e. The average molecular weight is 304 g/mol. The number of hydrogen-bond donors (Lipinski definition) is 1. The van der Waals surface area contributed by atoms with Crippen LogP contribution in [0.5, 0.6) is 0 Å². The Morgan fingerprint density at radius 1 is 1.24 bits per heavy atom. The van der Waals surface area contributed by atoms with Crippen molar-refractivity contribution in [3.63, 3.8) is 0 Å². The van der Waals surface area contributed by atoms with Gasteiger partial charge >= 0.3 is 0 Å². The van der Waals surface area contributed by atoms with Crippen LogP contribution in [-0.4, -0.2) is 28.2 Å². The van der Waals surface area contributed by atoms with Gasteiger partial charge in [0, 0.05) is 30.5 Å². The van der Waals surface area contributed by atoms with Crippen LogP contribution in [0.25, 0.3) is 0 Å². The molecule has 110 valence electrons. The molecule has 1 N–H and O–H groups in total. The van der Waals surface area contributed by atoms with Gasteiger partial charge in [-0.3, -0.25) is 4.79 Å². The zero-order valence-electron chi connectivity index (χ0n) is 11.9. The van der Waals surface area contributed by atoms with Crippen molar-refractivity contribution in [3.8, 4) is 0 Å². The molecule has 2 rings (SSSR count). The summed E-state index contributed by atoms with van der Waals surface area (Å²) in [5, 5.41) is 3.28. The van der Waals surface area contributed by atoms with E-state index in [1.807, 2.05) is 49.4 Å². The van der Waals surface area contributed by atoms with Crippen LogP contribution in [0.4, 0.5) is 11.5 Å². The number of anilines is 2. The van der Waals surface area contributed by atoms with E-state index in [0.29, 0.717) is 13.1 Å². The first kappa shape index (κ1) is 15.3. The molecule has 0 bridgehead atoms. The monoisotopic (exact) mass is 303 g/mol. The molecule has 4 nitrogen and oxygen atoms in total. The third-order valence-electron chi connectivity index (χ3n) is 3.14. The molecule has 0 aliphatic rings. The Morgan fingerprint density at radius 2 is 2.00 bits per heavy atom. The molecule has 0 unspecified atom stereocenters. The number of pyridine rings is 1. The Morgan fingerprint density at radius 3 is 2.67 bits per heavy atom. The summed E-state index contributed by atoms with van der Waals surface area (Å²) in [4.78, 5) is 17.8. The van der Waals surface area contributed by atoms with E-state index in [2.05, 4.69) is 10.3 Å². The van der Waals surface area contributed by atoms with E-state index in [4.69, 9.17) is 11.6 Å². The lowest BCUT2D eigenvalue weighted by molar-refractivity contribution is -0.128. The smallest absolute Gasteiger partial charge is 0.237 e. The van der Waals surface area contributed by atoms with Crippen molar-refractivity contribution >= 4 is 29.0 Å². The number of alkyl halides is 1. The second-order valence-corrected chi connectivity index (χ2v) is 4.81. The largest absolute Gasteiger partial charge is 0.340 e. The molecule has 0 saturated carbocycles. The molecule has 21 heavy (non-hydrogen) atoms. The van der Waals surface area contributed by atoms with Crippen LogP contribution in [0.15, 0.2) is 48.7 Å². The lowest BCUT2D eigenvalue weighted by atomic mass is 10.2. The molecule has 0 saturated heterocycles. The normalized spacial score (nSPS) is 10.2. The topological polar surface area (TPSA) is 45.2 Å². The summed E-state index contributed by atoms with van der Waals surface area (Å²) in [6, 6.07) is 13.6. The molecule has 0 atom stereocenters. The minimum atomic E-state index is -0.0753. The summed E-state index contributed by atoms with van der Waals surface area (Å²) in [5.41, 5.74) is 1.92. The molecular formula is C16H18ClN3O. The zero-order chi connectivity index (χ0) is 15.1. The molecule has 0 fully saturated rings. The van der Waals surface area contributed by atoms with E-state index in [9.17, 15) is 4.79 Å².